The first kappa shape index (κ1) is 11.9. The molecular formula is C13H16FNO2. The molecule has 1 aromatic rings. The monoisotopic (exact) mass is 237 g/mol. The number of piperidine rings is 1. The average molecular weight is 237 g/mol. The Balaban J connectivity index is 2.25. The molecule has 0 unspecified atom stereocenters. The summed E-state index contributed by atoms with van der Waals surface area (Å²) in [5, 5.41) is 8.90. The van der Waals surface area contributed by atoms with Crippen LogP contribution in [0.15, 0.2) is 18.2 Å². The third-order valence-corrected chi connectivity index (χ3v) is 3.32. The van der Waals surface area contributed by atoms with Crippen LogP contribution >= 0.6 is 0 Å². The minimum atomic E-state index is -1.02. The number of nitrogens with zero attached hydrogens (tertiary/aromatic N) is 1. The molecule has 1 aliphatic heterocycles. The van der Waals surface area contributed by atoms with Gasteiger partial charge in [0.1, 0.15) is 5.82 Å². The lowest BCUT2D eigenvalue weighted by Crippen LogP contribution is -2.33. The van der Waals surface area contributed by atoms with Gasteiger partial charge in [0, 0.05) is 13.1 Å². The van der Waals surface area contributed by atoms with Crippen LogP contribution in [0.25, 0.3) is 0 Å². The van der Waals surface area contributed by atoms with Gasteiger partial charge < -0.3 is 10.0 Å². The Bertz CT molecular complexity index is 425. The Morgan fingerprint density at radius 3 is 2.65 bits per heavy atom. The molecular weight excluding hydrogens is 221 g/mol. The van der Waals surface area contributed by atoms with Gasteiger partial charge in [-0.15, -0.1) is 0 Å². The van der Waals surface area contributed by atoms with E-state index >= 15 is 0 Å². The van der Waals surface area contributed by atoms with E-state index in [0.717, 1.165) is 25.9 Å². The van der Waals surface area contributed by atoms with Crippen molar-refractivity contribution in [2.45, 2.75) is 19.8 Å². The van der Waals surface area contributed by atoms with Gasteiger partial charge in [-0.05, 0) is 37.0 Å². The van der Waals surface area contributed by atoms with E-state index < -0.39 is 5.97 Å². The van der Waals surface area contributed by atoms with Crippen molar-refractivity contribution < 1.29 is 14.3 Å². The van der Waals surface area contributed by atoms with Crippen molar-refractivity contribution in [2.75, 3.05) is 18.0 Å². The topological polar surface area (TPSA) is 40.5 Å². The van der Waals surface area contributed by atoms with Crippen LogP contribution in [0.4, 0.5) is 10.1 Å². The molecule has 1 heterocycles. The molecule has 3 nitrogen and oxygen atoms in total. The number of carboxylic acids is 1. The van der Waals surface area contributed by atoms with Crippen LogP contribution in [0.3, 0.4) is 0 Å². The molecule has 0 saturated carbocycles. The van der Waals surface area contributed by atoms with Gasteiger partial charge in [-0.1, -0.05) is 6.92 Å². The van der Waals surface area contributed by atoms with E-state index in [-0.39, 0.29) is 11.4 Å². The number of rotatable bonds is 2. The largest absolute Gasteiger partial charge is 0.478 e. The van der Waals surface area contributed by atoms with Crippen LogP contribution in [-0.2, 0) is 0 Å². The maximum atomic E-state index is 13.7. The molecule has 1 saturated heterocycles. The van der Waals surface area contributed by atoms with Gasteiger partial charge in [0.15, 0.2) is 0 Å². The Hall–Kier alpha value is -1.58. The summed E-state index contributed by atoms with van der Waals surface area (Å²) in [5.41, 5.74) is 0.553. The summed E-state index contributed by atoms with van der Waals surface area (Å²) in [5.74, 6) is -0.696. The second-order valence-corrected chi connectivity index (χ2v) is 4.64. The summed E-state index contributed by atoms with van der Waals surface area (Å²) >= 11 is 0. The summed E-state index contributed by atoms with van der Waals surface area (Å²) in [6.45, 7) is 3.77. The van der Waals surface area contributed by atoms with Gasteiger partial charge in [-0.3, -0.25) is 0 Å². The van der Waals surface area contributed by atoms with Crippen molar-refractivity contribution in [1.29, 1.82) is 0 Å². The molecule has 0 radical (unpaired) electrons. The summed E-state index contributed by atoms with van der Waals surface area (Å²) in [7, 11) is 0. The number of carboxylic acid groups (broad SMARTS) is 1. The highest BCUT2D eigenvalue weighted by atomic mass is 19.1. The molecule has 0 amide bonds. The highest BCUT2D eigenvalue weighted by molar-refractivity contribution is 5.88. The predicted molar refractivity (Wildman–Crippen MR) is 64.0 cm³/mol. The Morgan fingerprint density at radius 1 is 1.41 bits per heavy atom. The van der Waals surface area contributed by atoms with Gasteiger partial charge in [0.2, 0.25) is 0 Å². The molecule has 2 rings (SSSR count). The molecule has 4 heteroatoms. The normalized spacial score (nSPS) is 17.2. The van der Waals surface area contributed by atoms with E-state index in [0.29, 0.717) is 11.6 Å². The molecule has 0 bridgehead atoms. The number of carbonyl (C=O) groups is 1. The lowest BCUT2D eigenvalue weighted by Gasteiger charge is -2.32. The Kier molecular flexibility index (Phi) is 3.31. The van der Waals surface area contributed by atoms with Crippen LogP contribution in [0.5, 0.6) is 0 Å². The summed E-state index contributed by atoms with van der Waals surface area (Å²) in [4.78, 5) is 12.8. The molecule has 0 aromatic heterocycles. The first-order valence-corrected chi connectivity index (χ1v) is 5.85. The number of anilines is 1. The molecule has 1 fully saturated rings. The predicted octanol–water partition coefficient (Wildman–Crippen LogP) is 2.76. The fourth-order valence-electron chi connectivity index (χ4n) is 2.14. The van der Waals surface area contributed by atoms with Crippen LogP contribution in [0.1, 0.15) is 30.1 Å². The average Bonchev–Trinajstić information content (AvgIpc) is 2.31. The van der Waals surface area contributed by atoms with Crippen LogP contribution in [-0.4, -0.2) is 24.2 Å². The van der Waals surface area contributed by atoms with Crippen molar-refractivity contribution in [3.05, 3.63) is 29.6 Å². The highest BCUT2D eigenvalue weighted by Gasteiger charge is 2.19. The summed E-state index contributed by atoms with van der Waals surface area (Å²) < 4.78 is 13.7. The summed E-state index contributed by atoms with van der Waals surface area (Å²) in [6.07, 6.45) is 2.05. The third kappa shape index (κ3) is 2.57. The fraction of sp³-hybridized carbons (Fsp3) is 0.462. The van der Waals surface area contributed by atoms with E-state index in [1.807, 2.05) is 4.90 Å². The van der Waals surface area contributed by atoms with Crippen molar-refractivity contribution in [3.63, 3.8) is 0 Å². The lowest BCUT2D eigenvalue weighted by atomic mass is 9.98. The smallest absolute Gasteiger partial charge is 0.335 e. The molecule has 0 atom stereocenters. The first-order valence-electron chi connectivity index (χ1n) is 5.85. The fourth-order valence-corrected chi connectivity index (χ4v) is 2.14. The quantitative estimate of drug-likeness (QED) is 0.859. The molecule has 17 heavy (non-hydrogen) atoms. The maximum absolute atomic E-state index is 13.7. The van der Waals surface area contributed by atoms with E-state index in [1.54, 1.807) is 0 Å². The number of hydrogen-bond acceptors (Lipinski definition) is 2. The molecule has 1 N–H and O–H groups in total. The van der Waals surface area contributed by atoms with Crippen molar-refractivity contribution in [2.24, 2.45) is 5.92 Å². The van der Waals surface area contributed by atoms with Crippen molar-refractivity contribution in [3.8, 4) is 0 Å². The highest BCUT2D eigenvalue weighted by Crippen LogP contribution is 2.26. The van der Waals surface area contributed by atoms with Gasteiger partial charge in [-0.25, -0.2) is 9.18 Å². The van der Waals surface area contributed by atoms with Crippen LogP contribution in [0, 0.1) is 11.7 Å². The zero-order valence-corrected chi connectivity index (χ0v) is 9.82. The third-order valence-electron chi connectivity index (χ3n) is 3.32. The second kappa shape index (κ2) is 4.73. The van der Waals surface area contributed by atoms with Crippen LogP contribution < -0.4 is 4.90 Å². The number of halogens is 1. The van der Waals surface area contributed by atoms with E-state index in [4.69, 9.17) is 5.11 Å². The van der Waals surface area contributed by atoms with Crippen molar-refractivity contribution in [1.82, 2.24) is 0 Å². The van der Waals surface area contributed by atoms with Crippen LogP contribution in [0.2, 0.25) is 0 Å². The maximum Gasteiger partial charge on any atom is 0.335 e. The number of aromatic carboxylic acids is 1. The SMILES string of the molecule is CC1CCN(c2cc(C(=O)O)ccc2F)CC1. The van der Waals surface area contributed by atoms with E-state index in [9.17, 15) is 9.18 Å². The Morgan fingerprint density at radius 2 is 2.06 bits per heavy atom. The Labute approximate surface area is 99.9 Å². The molecule has 0 aliphatic carbocycles. The zero-order valence-electron chi connectivity index (χ0n) is 9.82. The van der Waals surface area contributed by atoms with Gasteiger partial charge in [-0.2, -0.15) is 0 Å². The lowest BCUT2D eigenvalue weighted by molar-refractivity contribution is 0.0697. The standard InChI is InChI=1S/C13H16FNO2/c1-9-4-6-15(7-5-9)12-8-10(13(16)17)2-3-11(12)14/h2-3,8-9H,4-7H2,1H3,(H,16,17). The summed E-state index contributed by atoms with van der Waals surface area (Å²) in [6, 6.07) is 3.96. The minimum absolute atomic E-state index is 0.139. The minimum Gasteiger partial charge on any atom is -0.478 e. The van der Waals surface area contributed by atoms with E-state index in [2.05, 4.69) is 6.92 Å². The van der Waals surface area contributed by atoms with Crippen molar-refractivity contribution >= 4 is 11.7 Å². The molecule has 92 valence electrons. The molecule has 1 aliphatic rings. The van der Waals surface area contributed by atoms with E-state index in [1.165, 1.54) is 18.2 Å². The zero-order chi connectivity index (χ0) is 12.4. The van der Waals surface area contributed by atoms with Gasteiger partial charge >= 0.3 is 5.97 Å². The molecule has 0 spiro atoms. The van der Waals surface area contributed by atoms with Gasteiger partial charge in [0.25, 0.3) is 0 Å². The van der Waals surface area contributed by atoms with Gasteiger partial charge in [0.05, 0.1) is 11.3 Å². The molecule has 1 aromatic carbocycles. The first-order chi connectivity index (χ1) is 8.08. The number of hydrogen-bond donors (Lipinski definition) is 1. The second-order valence-electron chi connectivity index (χ2n) is 4.64. The number of benzene rings is 1.